The molecule has 0 aromatic heterocycles. The molecule has 1 atom stereocenters. The van der Waals surface area contributed by atoms with E-state index in [0.717, 1.165) is 0 Å². The lowest BCUT2D eigenvalue weighted by Gasteiger charge is -2.14. The van der Waals surface area contributed by atoms with Gasteiger partial charge >= 0.3 is 5.97 Å². The third-order valence-electron chi connectivity index (χ3n) is 1.56. The van der Waals surface area contributed by atoms with Crippen molar-refractivity contribution >= 4 is 11.9 Å². The topological polar surface area (TPSA) is 86.6 Å². The van der Waals surface area contributed by atoms with Crippen molar-refractivity contribution in [3.8, 4) is 0 Å². The van der Waals surface area contributed by atoms with E-state index in [1.54, 1.807) is 13.8 Å². The summed E-state index contributed by atoms with van der Waals surface area (Å²) in [5.41, 5.74) is 0. The monoisotopic (exact) mass is 189 g/mol. The molecule has 0 rings (SSSR count). The van der Waals surface area contributed by atoms with Crippen LogP contribution in [0.25, 0.3) is 0 Å². The Kier molecular flexibility index (Phi) is 5.06. The highest BCUT2D eigenvalue weighted by Gasteiger charge is 2.20. The second kappa shape index (κ2) is 5.53. The second-order valence-corrected chi connectivity index (χ2v) is 3.07. The molecule has 13 heavy (non-hydrogen) atoms. The minimum absolute atomic E-state index is 0.0355. The van der Waals surface area contributed by atoms with Gasteiger partial charge in [0.05, 0.1) is 0 Å². The highest BCUT2D eigenvalue weighted by molar-refractivity contribution is 5.84. The van der Waals surface area contributed by atoms with Gasteiger partial charge in [0.25, 0.3) is 0 Å². The molecule has 0 aromatic rings. The summed E-state index contributed by atoms with van der Waals surface area (Å²) in [4.78, 5) is 21.6. The Bertz CT molecular complexity index is 191. The molecule has 0 fully saturated rings. The van der Waals surface area contributed by atoms with Crippen molar-refractivity contribution in [2.24, 2.45) is 5.92 Å². The normalized spacial score (nSPS) is 12.6. The van der Waals surface area contributed by atoms with Crippen molar-refractivity contribution < 1.29 is 19.8 Å². The molecule has 1 unspecified atom stereocenters. The first kappa shape index (κ1) is 11.9. The Morgan fingerprint density at radius 1 is 1.38 bits per heavy atom. The molecule has 0 aliphatic carbocycles. The van der Waals surface area contributed by atoms with Crippen LogP contribution >= 0.6 is 0 Å². The van der Waals surface area contributed by atoms with Crippen LogP contribution in [0.4, 0.5) is 0 Å². The van der Waals surface area contributed by atoms with Crippen LogP contribution in [0.3, 0.4) is 0 Å². The van der Waals surface area contributed by atoms with E-state index in [1.807, 2.05) is 0 Å². The van der Waals surface area contributed by atoms with Crippen molar-refractivity contribution in [2.75, 3.05) is 6.61 Å². The van der Waals surface area contributed by atoms with Gasteiger partial charge in [-0.3, -0.25) is 4.79 Å². The van der Waals surface area contributed by atoms with Crippen LogP contribution < -0.4 is 5.32 Å². The van der Waals surface area contributed by atoms with Crippen molar-refractivity contribution in [1.82, 2.24) is 5.32 Å². The molecular weight excluding hydrogens is 174 g/mol. The number of aliphatic carboxylic acids is 1. The van der Waals surface area contributed by atoms with Crippen molar-refractivity contribution in [1.29, 1.82) is 0 Å². The van der Waals surface area contributed by atoms with E-state index in [1.165, 1.54) is 0 Å². The summed E-state index contributed by atoms with van der Waals surface area (Å²) in [7, 11) is 0. The van der Waals surface area contributed by atoms with E-state index in [-0.39, 0.29) is 24.9 Å². The van der Waals surface area contributed by atoms with Crippen LogP contribution in [-0.4, -0.2) is 34.7 Å². The third-order valence-corrected chi connectivity index (χ3v) is 1.56. The Hall–Kier alpha value is -1.10. The Balaban J connectivity index is 4.10. The molecule has 0 spiro atoms. The van der Waals surface area contributed by atoms with E-state index >= 15 is 0 Å². The fraction of sp³-hybridized carbons (Fsp3) is 0.750. The fourth-order valence-electron chi connectivity index (χ4n) is 0.725. The van der Waals surface area contributed by atoms with Crippen LogP contribution in [0.1, 0.15) is 20.3 Å². The third kappa shape index (κ3) is 4.47. The van der Waals surface area contributed by atoms with Gasteiger partial charge in [-0.1, -0.05) is 13.8 Å². The van der Waals surface area contributed by atoms with Gasteiger partial charge in [-0.2, -0.15) is 0 Å². The average molecular weight is 189 g/mol. The van der Waals surface area contributed by atoms with Gasteiger partial charge in [0, 0.05) is 18.9 Å². The zero-order valence-electron chi connectivity index (χ0n) is 7.78. The molecule has 0 aliphatic heterocycles. The van der Waals surface area contributed by atoms with E-state index in [2.05, 4.69) is 5.32 Å². The maximum Gasteiger partial charge on any atom is 0.326 e. The molecule has 3 N–H and O–H groups in total. The number of carbonyl (C=O) groups excluding carboxylic acids is 1. The number of hydrogen-bond acceptors (Lipinski definition) is 3. The largest absolute Gasteiger partial charge is 0.480 e. The number of aliphatic hydroxyl groups is 1. The molecule has 0 heterocycles. The summed E-state index contributed by atoms with van der Waals surface area (Å²) in [6.45, 7) is 3.09. The van der Waals surface area contributed by atoms with E-state index in [0.29, 0.717) is 0 Å². The number of rotatable bonds is 5. The van der Waals surface area contributed by atoms with Crippen molar-refractivity contribution in [3.63, 3.8) is 0 Å². The van der Waals surface area contributed by atoms with Crippen LogP contribution in [0.15, 0.2) is 0 Å². The highest BCUT2D eigenvalue weighted by Crippen LogP contribution is 1.96. The molecule has 5 nitrogen and oxygen atoms in total. The van der Waals surface area contributed by atoms with Gasteiger partial charge in [0.2, 0.25) is 5.91 Å². The summed E-state index contributed by atoms with van der Waals surface area (Å²) in [5.74, 6) is -1.69. The first-order valence-electron chi connectivity index (χ1n) is 4.13. The van der Waals surface area contributed by atoms with E-state index in [9.17, 15) is 9.59 Å². The van der Waals surface area contributed by atoms with Gasteiger partial charge in [-0.15, -0.1) is 0 Å². The minimum Gasteiger partial charge on any atom is -0.480 e. The molecule has 0 aromatic carbocycles. The second-order valence-electron chi connectivity index (χ2n) is 3.07. The number of aliphatic hydroxyl groups excluding tert-OH is 1. The molecule has 5 heteroatoms. The molecule has 0 radical (unpaired) electrons. The standard InChI is InChI=1S/C8H15NO4/c1-5(2)7(11)9-6(3-4-10)8(12)13/h5-6,10H,3-4H2,1-2H3,(H,9,11)(H,12,13). The zero-order valence-corrected chi connectivity index (χ0v) is 7.78. The number of amides is 1. The van der Waals surface area contributed by atoms with E-state index in [4.69, 9.17) is 10.2 Å². The van der Waals surface area contributed by atoms with Gasteiger partial charge < -0.3 is 15.5 Å². The maximum atomic E-state index is 11.1. The van der Waals surface area contributed by atoms with Crippen molar-refractivity contribution in [2.45, 2.75) is 26.3 Å². The predicted molar refractivity (Wildman–Crippen MR) is 46.1 cm³/mol. The summed E-state index contributed by atoms with van der Waals surface area (Å²) >= 11 is 0. The lowest BCUT2D eigenvalue weighted by Crippen LogP contribution is -2.43. The molecule has 0 saturated carbocycles. The van der Waals surface area contributed by atoms with Gasteiger partial charge in [-0.05, 0) is 0 Å². The average Bonchev–Trinajstić information content (AvgIpc) is 2.03. The number of carboxylic acids is 1. The predicted octanol–water partition coefficient (Wildman–Crippen LogP) is -0.406. The lowest BCUT2D eigenvalue weighted by molar-refractivity contribution is -0.142. The van der Waals surface area contributed by atoms with Crippen LogP contribution in [0.5, 0.6) is 0 Å². The highest BCUT2D eigenvalue weighted by atomic mass is 16.4. The number of nitrogens with one attached hydrogen (secondary N) is 1. The smallest absolute Gasteiger partial charge is 0.326 e. The minimum atomic E-state index is -1.12. The fourth-order valence-corrected chi connectivity index (χ4v) is 0.725. The number of carboxylic acid groups (broad SMARTS) is 1. The molecule has 0 saturated heterocycles. The van der Waals surface area contributed by atoms with Crippen molar-refractivity contribution in [3.05, 3.63) is 0 Å². The number of hydrogen-bond donors (Lipinski definition) is 3. The van der Waals surface area contributed by atoms with Gasteiger partial charge in [0.1, 0.15) is 6.04 Å². The van der Waals surface area contributed by atoms with Gasteiger partial charge in [0.15, 0.2) is 0 Å². The van der Waals surface area contributed by atoms with Crippen LogP contribution in [-0.2, 0) is 9.59 Å². The number of carbonyl (C=O) groups is 2. The molecule has 76 valence electrons. The summed E-state index contributed by atoms with van der Waals surface area (Å²) in [6, 6.07) is -0.986. The lowest BCUT2D eigenvalue weighted by atomic mass is 10.1. The Morgan fingerprint density at radius 2 is 1.92 bits per heavy atom. The Morgan fingerprint density at radius 3 is 2.23 bits per heavy atom. The first-order chi connectivity index (χ1) is 5.99. The molecule has 0 aliphatic rings. The van der Waals surface area contributed by atoms with E-state index < -0.39 is 12.0 Å². The first-order valence-corrected chi connectivity index (χ1v) is 4.13. The molecule has 0 bridgehead atoms. The van der Waals surface area contributed by atoms with Crippen LogP contribution in [0, 0.1) is 5.92 Å². The van der Waals surface area contributed by atoms with Gasteiger partial charge in [-0.25, -0.2) is 4.79 Å². The summed E-state index contributed by atoms with van der Waals surface area (Å²) in [5, 5.41) is 19.4. The summed E-state index contributed by atoms with van der Waals surface area (Å²) in [6.07, 6.45) is 0.0355. The molecule has 1 amide bonds. The Labute approximate surface area is 76.8 Å². The van der Waals surface area contributed by atoms with Crippen LogP contribution in [0.2, 0.25) is 0 Å². The maximum absolute atomic E-state index is 11.1. The zero-order chi connectivity index (χ0) is 10.4. The quantitative estimate of drug-likeness (QED) is 0.549. The SMILES string of the molecule is CC(C)C(=O)NC(CCO)C(=O)O. The summed E-state index contributed by atoms with van der Waals surface area (Å²) < 4.78 is 0. The molecular formula is C8H15NO4.